The molecule has 2 rings (SSSR count). The van der Waals surface area contributed by atoms with Crippen LogP contribution in [-0.2, 0) is 33.6 Å². The second-order valence-corrected chi connectivity index (χ2v) is 8.63. The maximum Gasteiger partial charge on any atom is 0.358 e. The van der Waals surface area contributed by atoms with Gasteiger partial charge in [0.1, 0.15) is 15.5 Å². The molecule has 2 aromatic carbocycles. The Kier molecular flexibility index (Phi) is 7.23. The number of carbonyl (C=O) groups is 1. The van der Waals surface area contributed by atoms with Crippen molar-refractivity contribution in [2.75, 3.05) is 0 Å². The highest BCUT2D eigenvalue weighted by Gasteiger charge is 2.21. The number of nitrogens with zero attached hydrogens (tertiary/aromatic N) is 2. The van der Waals surface area contributed by atoms with E-state index in [1.165, 1.54) is 62.4 Å². The average molecular weight is 438 g/mol. The Hall–Kier alpha value is -3.05. The van der Waals surface area contributed by atoms with Crippen LogP contribution in [0.4, 0.5) is 0 Å². The third-order valence-corrected chi connectivity index (χ3v) is 5.73. The molecule has 2 aromatic rings. The molecule has 29 heavy (non-hydrogen) atoms. The summed E-state index contributed by atoms with van der Waals surface area (Å²) in [6, 6.07) is 14.4. The van der Waals surface area contributed by atoms with Gasteiger partial charge in [-0.3, -0.25) is 13.4 Å². The summed E-state index contributed by atoms with van der Waals surface area (Å²) >= 11 is 0. The van der Waals surface area contributed by atoms with E-state index in [4.69, 9.17) is 0 Å². The second-order valence-electron chi connectivity index (χ2n) is 5.58. The zero-order chi connectivity index (χ0) is 21.5. The van der Waals surface area contributed by atoms with Gasteiger partial charge < -0.3 is 0 Å². The first-order valence-corrected chi connectivity index (χ1v) is 11.1. The second kappa shape index (κ2) is 9.43. The third-order valence-electron chi connectivity index (χ3n) is 3.49. The van der Waals surface area contributed by atoms with Gasteiger partial charge in [0.25, 0.3) is 0 Å². The highest BCUT2D eigenvalue weighted by Crippen LogP contribution is 2.13. The minimum absolute atomic E-state index is 0.0497. The van der Waals surface area contributed by atoms with Gasteiger partial charge in [-0.25, -0.2) is 0 Å². The fourth-order valence-electron chi connectivity index (χ4n) is 1.98. The molecule has 11 heteroatoms. The van der Waals surface area contributed by atoms with Crippen LogP contribution in [0.3, 0.4) is 0 Å². The van der Waals surface area contributed by atoms with E-state index in [0.717, 1.165) is 0 Å². The van der Waals surface area contributed by atoms with Crippen LogP contribution in [0.5, 0.6) is 0 Å². The molecule has 0 aliphatic heterocycles. The van der Waals surface area contributed by atoms with Crippen LogP contribution in [-0.4, -0.2) is 34.0 Å². The number of hydrogen-bond acceptors (Lipinski definition) is 9. The SMILES string of the molecule is CCC(=O)C(=NOS(=O)(=O)c1ccccc1)C(C)=NOS(=O)(=O)c1ccccc1. The lowest BCUT2D eigenvalue weighted by Gasteiger charge is -2.06. The first-order chi connectivity index (χ1) is 13.7. The predicted molar refractivity (Wildman–Crippen MR) is 105 cm³/mol. The van der Waals surface area contributed by atoms with E-state index in [1.807, 2.05) is 0 Å². The Balaban J connectivity index is 2.28. The normalized spacial score (nSPS) is 13.0. The number of ketones is 1. The van der Waals surface area contributed by atoms with Gasteiger partial charge in [-0.05, 0) is 31.2 Å². The minimum atomic E-state index is -4.27. The number of oxime groups is 2. The van der Waals surface area contributed by atoms with Gasteiger partial charge in [0.2, 0.25) is 0 Å². The molecule has 0 saturated heterocycles. The van der Waals surface area contributed by atoms with Gasteiger partial charge in [0, 0.05) is 6.42 Å². The lowest BCUT2D eigenvalue weighted by molar-refractivity contribution is -0.112. The monoisotopic (exact) mass is 438 g/mol. The van der Waals surface area contributed by atoms with E-state index < -0.39 is 31.7 Å². The summed E-state index contributed by atoms with van der Waals surface area (Å²) in [5, 5.41) is 6.81. The maximum atomic E-state index is 12.2. The zero-order valence-electron chi connectivity index (χ0n) is 15.5. The fourth-order valence-corrected chi connectivity index (χ4v) is 3.52. The molecule has 0 N–H and O–H groups in total. The Morgan fingerprint density at radius 3 is 1.62 bits per heavy atom. The van der Waals surface area contributed by atoms with E-state index in [1.54, 1.807) is 12.1 Å². The quantitative estimate of drug-likeness (QED) is 0.434. The molecule has 0 aliphatic rings. The summed E-state index contributed by atoms with van der Waals surface area (Å²) in [7, 11) is -8.49. The molecule has 0 atom stereocenters. The molecule has 0 aromatic heterocycles. The standard InChI is InChI=1S/C18H18N2O7S2/c1-3-17(21)18(20-27-29(24,25)16-12-8-5-9-13-16)14(2)19-26-28(22,23)15-10-6-4-7-11-15/h4-13H,3H2,1-2H3. The summed E-state index contributed by atoms with van der Waals surface area (Å²) < 4.78 is 57.8. The zero-order valence-corrected chi connectivity index (χ0v) is 17.2. The summed E-state index contributed by atoms with van der Waals surface area (Å²) in [5.41, 5.74) is -0.741. The van der Waals surface area contributed by atoms with Crippen molar-refractivity contribution in [3.8, 4) is 0 Å². The first-order valence-electron chi connectivity index (χ1n) is 8.31. The van der Waals surface area contributed by atoms with E-state index in [-0.39, 0.29) is 21.9 Å². The van der Waals surface area contributed by atoms with Crippen LogP contribution in [0.15, 0.2) is 80.8 Å². The molecule has 0 spiro atoms. The number of Topliss-reactive ketones (excluding diaryl/α,β-unsaturated/α-hetero) is 1. The molecular weight excluding hydrogens is 420 g/mol. The largest absolute Gasteiger partial charge is 0.358 e. The Bertz CT molecular complexity index is 1130. The van der Waals surface area contributed by atoms with Gasteiger partial charge in [-0.1, -0.05) is 53.6 Å². The number of rotatable bonds is 9. The van der Waals surface area contributed by atoms with Gasteiger partial charge in [-0.2, -0.15) is 16.8 Å². The molecule has 0 bridgehead atoms. The van der Waals surface area contributed by atoms with E-state index in [0.29, 0.717) is 0 Å². The number of benzene rings is 2. The highest BCUT2D eigenvalue weighted by molar-refractivity contribution is 7.87. The van der Waals surface area contributed by atoms with Crippen molar-refractivity contribution >= 4 is 37.4 Å². The summed E-state index contributed by atoms with van der Waals surface area (Å²) in [4.78, 5) is 11.8. The van der Waals surface area contributed by atoms with Crippen LogP contribution in [0.1, 0.15) is 20.3 Å². The van der Waals surface area contributed by atoms with Crippen LogP contribution in [0.2, 0.25) is 0 Å². The topological polar surface area (TPSA) is 129 Å². The Morgan fingerprint density at radius 1 is 0.793 bits per heavy atom. The molecule has 154 valence electrons. The van der Waals surface area contributed by atoms with Gasteiger partial charge in [0.05, 0.1) is 0 Å². The van der Waals surface area contributed by atoms with Crippen molar-refractivity contribution in [2.24, 2.45) is 10.3 Å². The molecule has 0 heterocycles. The van der Waals surface area contributed by atoms with Crippen LogP contribution in [0, 0.1) is 0 Å². The van der Waals surface area contributed by atoms with Gasteiger partial charge in [-0.15, -0.1) is 0 Å². The van der Waals surface area contributed by atoms with Gasteiger partial charge in [0.15, 0.2) is 11.5 Å². The maximum absolute atomic E-state index is 12.2. The first kappa shape index (κ1) is 22.2. The number of carbonyl (C=O) groups excluding carboxylic acids is 1. The molecule has 0 unspecified atom stereocenters. The number of hydrogen-bond donors (Lipinski definition) is 0. The van der Waals surface area contributed by atoms with Crippen molar-refractivity contribution in [3.05, 3.63) is 60.7 Å². The van der Waals surface area contributed by atoms with Crippen LogP contribution >= 0.6 is 0 Å². The molecule has 0 aliphatic carbocycles. The van der Waals surface area contributed by atoms with Crippen molar-refractivity contribution in [1.82, 2.24) is 0 Å². The van der Waals surface area contributed by atoms with Crippen molar-refractivity contribution in [1.29, 1.82) is 0 Å². The molecule has 0 amide bonds. The molecule has 0 saturated carbocycles. The Morgan fingerprint density at radius 2 is 1.21 bits per heavy atom. The van der Waals surface area contributed by atoms with Crippen molar-refractivity contribution in [2.45, 2.75) is 30.1 Å². The predicted octanol–water partition coefficient (Wildman–Crippen LogP) is 2.51. The summed E-state index contributed by atoms with van der Waals surface area (Å²) in [5.74, 6) is -0.616. The fraction of sp³-hybridized carbons (Fsp3) is 0.167. The van der Waals surface area contributed by atoms with Crippen molar-refractivity contribution in [3.63, 3.8) is 0 Å². The van der Waals surface area contributed by atoms with Crippen LogP contribution < -0.4 is 0 Å². The minimum Gasteiger partial charge on any atom is -0.292 e. The Labute approximate surface area is 168 Å². The summed E-state index contributed by atoms with van der Waals surface area (Å²) in [6.07, 6.45) is -0.0497. The van der Waals surface area contributed by atoms with E-state index in [9.17, 15) is 21.6 Å². The van der Waals surface area contributed by atoms with Crippen molar-refractivity contribution < 1.29 is 30.2 Å². The lowest BCUT2D eigenvalue weighted by Crippen LogP contribution is -2.23. The van der Waals surface area contributed by atoms with Gasteiger partial charge >= 0.3 is 20.2 Å². The van der Waals surface area contributed by atoms with Crippen LogP contribution in [0.25, 0.3) is 0 Å². The third kappa shape index (κ3) is 5.96. The van der Waals surface area contributed by atoms with E-state index in [2.05, 4.69) is 18.9 Å². The lowest BCUT2D eigenvalue weighted by atomic mass is 10.1. The molecule has 0 radical (unpaired) electrons. The van der Waals surface area contributed by atoms with E-state index >= 15 is 0 Å². The molecule has 0 fully saturated rings. The summed E-state index contributed by atoms with van der Waals surface area (Å²) in [6.45, 7) is 2.75. The smallest absolute Gasteiger partial charge is 0.292 e. The molecular formula is C18H18N2O7S2. The average Bonchev–Trinajstić information content (AvgIpc) is 2.73. The molecule has 9 nitrogen and oxygen atoms in total. The highest BCUT2D eigenvalue weighted by atomic mass is 32.2.